The molecule has 1 atom stereocenters. The maximum absolute atomic E-state index is 12.4. The van der Waals surface area contributed by atoms with E-state index in [9.17, 15) is 4.79 Å². The molecule has 6 nitrogen and oxygen atoms in total. The molecule has 0 bridgehead atoms. The quantitative estimate of drug-likeness (QED) is 0.725. The Bertz CT molecular complexity index is 856. The molecule has 0 spiro atoms. The van der Waals surface area contributed by atoms with Crippen LogP contribution in [0.3, 0.4) is 0 Å². The first-order valence-corrected chi connectivity index (χ1v) is 8.35. The number of carbonyl (C=O) groups excluding carboxylic acids is 1. The van der Waals surface area contributed by atoms with Crippen LogP contribution in [0.2, 0.25) is 0 Å². The van der Waals surface area contributed by atoms with E-state index >= 15 is 0 Å². The minimum atomic E-state index is -0.244. The van der Waals surface area contributed by atoms with E-state index < -0.39 is 0 Å². The third-order valence-corrected chi connectivity index (χ3v) is 4.15. The molecule has 0 aliphatic carbocycles. The number of hydrogen-bond acceptors (Lipinski definition) is 4. The van der Waals surface area contributed by atoms with Crippen molar-refractivity contribution in [2.45, 2.75) is 32.4 Å². The summed E-state index contributed by atoms with van der Waals surface area (Å²) in [6, 6.07) is 14.0. The van der Waals surface area contributed by atoms with Crippen LogP contribution in [0.1, 0.15) is 42.7 Å². The first-order valence-electron chi connectivity index (χ1n) is 8.35. The van der Waals surface area contributed by atoms with Gasteiger partial charge in [-0.25, -0.2) is 0 Å². The lowest BCUT2D eigenvalue weighted by Gasteiger charge is -2.31. The van der Waals surface area contributed by atoms with Gasteiger partial charge in [0.2, 0.25) is 0 Å². The zero-order valence-electron chi connectivity index (χ0n) is 14.7. The van der Waals surface area contributed by atoms with Crippen LogP contribution in [0.15, 0.2) is 55.0 Å². The van der Waals surface area contributed by atoms with Crippen LogP contribution in [-0.4, -0.2) is 32.6 Å². The third-order valence-electron chi connectivity index (χ3n) is 4.15. The number of aromatic nitrogens is 3. The lowest BCUT2D eigenvalue weighted by atomic mass is 10.0. The van der Waals surface area contributed by atoms with Crippen LogP contribution in [0.25, 0.3) is 5.65 Å². The van der Waals surface area contributed by atoms with Crippen LogP contribution >= 0.6 is 0 Å². The van der Waals surface area contributed by atoms with Gasteiger partial charge in [-0.2, -0.15) is 0 Å². The van der Waals surface area contributed by atoms with Gasteiger partial charge in [0.05, 0.1) is 5.56 Å². The van der Waals surface area contributed by atoms with Crippen LogP contribution in [0.5, 0.6) is 0 Å². The van der Waals surface area contributed by atoms with Crippen molar-refractivity contribution in [2.24, 2.45) is 0 Å². The zero-order valence-corrected chi connectivity index (χ0v) is 14.7. The van der Waals surface area contributed by atoms with Crippen molar-refractivity contribution < 1.29 is 4.79 Å². The van der Waals surface area contributed by atoms with Crippen molar-refractivity contribution in [2.75, 3.05) is 6.54 Å². The number of nitrogens with zero attached hydrogens (tertiary/aromatic N) is 3. The molecule has 1 amide bonds. The SMILES string of the molecule is C[C@@H](NC(C)(C)CNC(=O)c1ccc2nncn2c1)c1ccccc1. The molecule has 0 aliphatic heterocycles. The number of amides is 1. The lowest BCUT2D eigenvalue weighted by molar-refractivity contribution is 0.0940. The Kier molecular flexibility index (Phi) is 4.81. The largest absolute Gasteiger partial charge is 0.350 e. The van der Waals surface area contributed by atoms with Gasteiger partial charge in [-0.05, 0) is 38.5 Å². The van der Waals surface area contributed by atoms with Gasteiger partial charge in [0, 0.05) is 24.3 Å². The Morgan fingerprint density at radius 1 is 1.20 bits per heavy atom. The van der Waals surface area contributed by atoms with E-state index in [0.29, 0.717) is 12.1 Å². The van der Waals surface area contributed by atoms with E-state index in [-0.39, 0.29) is 17.5 Å². The lowest BCUT2D eigenvalue weighted by Crippen LogP contribution is -2.49. The summed E-state index contributed by atoms with van der Waals surface area (Å²) in [5.74, 6) is -0.113. The molecule has 0 fully saturated rings. The number of carbonyl (C=O) groups is 1. The maximum Gasteiger partial charge on any atom is 0.252 e. The van der Waals surface area contributed by atoms with Crippen molar-refractivity contribution in [1.82, 2.24) is 25.2 Å². The highest BCUT2D eigenvalue weighted by Crippen LogP contribution is 2.16. The Hall–Kier alpha value is -2.73. The molecule has 25 heavy (non-hydrogen) atoms. The molecule has 130 valence electrons. The van der Waals surface area contributed by atoms with E-state index in [2.05, 4.69) is 53.7 Å². The summed E-state index contributed by atoms with van der Waals surface area (Å²) < 4.78 is 1.73. The smallest absolute Gasteiger partial charge is 0.252 e. The summed E-state index contributed by atoms with van der Waals surface area (Å²) in [5, 5.41) is 14.3. The molecule has 0 unspecified atom stereocenters. The summed E-state index contributed by atoms with van der Waals surface area (Å²) in [5.41, 5.74) is 2.28. The highest BCUT2D eigenvalue weighted by atomic mass is 16.1. The highest BCUT2D eigenvalue weighted by Gasteiger charge is 2.22. The van der Waals surface area contributed by atoms with Crippen molar-refractivity contribution in [3.8, 4) is 0 Å². The second-order valence-electron chi connectivity index (χ2n) is 6.86. The Morgan fingerprint density at radius 3 is 2.72 bits per heavy atom. The average Bonchev–Trinajstić information content (AvgIpc) is 3.08. The number of hydrogen-bond donors (Lipinski definition) is 2. The van der Waals surface area contributed by atoms with Crippen LogP contribution in [0, 0.1) is 0 Å². The molecule has 0 saturated carbocycles. The van der Waals surface area contributed by atoms with E-state index in [4.69, 9.17) is 0 Å². The number of rotatable bonds is 6. The zero-order chi connectivity index (χ0) is 17.9. The molecule has 0 saturated heterocycles. The van der Waals surface area contributed by atoms with E-state index in [1.807, 2.05) is 18.2 Å². The standard InChI is InChI=1S/C19H23N5O/c1-14(15-7-5-4-6-8-15)22-19(2,3)12-20-18(25)16-9-10-17-23-21-13-24(17)11-16/h4-11,13-14,22H,12H2,1-3H3,(H,20,25)/t14-/m1/s1. The Balaban J connectivity index is 1.60. The number of fused-ring (bicyclic) bond motifs is 1. The fraction of sp³-hybridized carbons (Fsp3) is 0.316. The highest BCUT2D eigenvalue weighted by molar-refractivity contribution is 5.94. The van der Waals surface area contributed by atoms with Crippen molar-refractivity contribution in [1.29, 1.82) is 0 Å². The molecule has 6 heteroatoms. The maximum atomic E-state index is 12.4. The van der Waals surface area contributed by atoms with Crippen LogP contribution < -0.4 is 10.6 Å². The average molecular weight is 337 g/mol. The van der Waals surface area contributed by atoms with Crippen molar-refractivity contribution in [3.63, 3.8) is 0 Å². The van der Waals surface area contributed by atoms with E-state index in [1.165, 1.54) is 5.56 Å². The molecule has 0 aliphatic rings. The Morgan fingerprint density at radius 2 is 1.96 bits per heavy atom. The normalized spacial score (nSPS) is 12.9. The molecule has 1 aromatic carbocycles. The summed E-state index contributed by atoms with van der Waals surface area (Å²) in [7, 11) is 0. The summed E-state index contributed by atoms with van der Waals surface area (Å²) in [6.07, 6.45) is 3.32. The van der Waals surface area contributed by atoms with Gasteiger partial charge in [-0.3, -0.25) is 9.20 Å². The van der Waals surface area contributed by atoms with Crippen molar-refractivity contribution in [3.05, 3.63) is 66.1 Å². The second kappa shape index (κ2) is 7.03. The van der Waals surface area contributed by atoms with Gasteiger partial charge < -0.3 is 10.6 Å². The Labute approximate surface area is 147 Å². The minimum absolute atomic E-state index is 0.113. The number of benzene rings is 1. The fourth-order valence-corrected chi connectivity index (χ4v) is 2.83. The summed E-state index contributed by atoms with van der Waals surface area (Å²) >= 11 is 0. The molecule has 2 aromatic heterocycles. The summed E-state index contributed by atoms with van der Waals surface area (Å²) in [6.45, 7) is 6.80. The topological polar surface area (TPSA) is 71.3 Å². The fourth-order valence-electron chi connectivity index (χ4n) is 2.83. The molecule has 3 rings (SSSR count). The molecule has 2 N–H and O–H groups in total. The molecule has 3 aromatic rings. The van der Waals surface area contributed by atoms with Gasteiger partial charge in [0.15, 0.2) is 5.65 Å². The molecular formula is C19H23N5O. The number of pyridine rings is 1. The third kappa shape index (κ3) is 4.22. The van der Waals surface area contributed by atoms with E-state index in [0.717, 1.165) is 5.65 Å². The van der Waals surface area contributed by atoms with Gasteiger partial charge in [0.25, 0.3) is 5.91 Å². The van der Waals surface area contributed by atoms with Gasteiger partial charge in [-0.1, -0.05) is 30.3 Å². The predicted octanol–water partition coefficient (Wildman–Crippen LogP) is 2.59. The molecule has 0 radical (unpaired) electrons. The van der Waals surface area contributed by atoms with Gasteiger partial charge in [0.1, 0.15) is 6.33 Å². The monoisotopic (exact) mass is 337 g/mol. The number of nitrogens with one attached hydrogen (secondary N) is 2. The van der Waals surface area contributed by atoms with Crippen LogP contribution in [0.4, 0.5) is 0 Å². The molecular weight excluding hydrogens is 314 g/mol. The van der Waals surface area contributed by atoms with Gasteiger partial charge >= 0.3 is 0 Å². The first kappa shape index (κ1) is 17.1. The molecule has 2 heterocycles. The van der Waals surface area contributed by atoms with Gasteiger partial charge in [-0.15, -0.1) is 10.2 Å². The first-order chi connectivity index (χ1) is 11.9. The second-order valence-corrected chi connectivity index (χ2v) is 6.86. The minimum Gasteiger partial charge on any atom is -0.350 e. The summed E-state index contributed by atoms with van der Waals surface area (Å²) in [4.78, 5) is 12.4. The van der Waals surface area contributed by atoms with Crippen LogP contribution in [-0.2, 0) is 0 Å². The van der Waals surface area contributed by atoms with E-state index in [1.54, 1.807) is 29.1 Å². The van der Waals surface area contributed by atoms with Crippen molar-refractivity contribution >= 4 is 11.6 Å². The predicted molar refractivity (Wildman–Crippen MR) is 97.4 cm³/mol.